The molecule has 0 spiro atoms. The predicted molar refractivity (Wildman–Crippen MR) is 78.1 cm³/mol. The van der Waals surface area contributed by atoms with Gasteiger partial charge in [0.05, 0.1) is 37.3 Å². The molecule has 3 N–H and O–H groups in total. The molecular formula is C14H21N3O3. The van der Waals surface area contributed by atoms with Crippen LogP contribution in [0.2, 0.25) is 0 Å². The van der Waals surface area contributed by atoms with Crippen LogP contribution in [0.15, 0.2) is 18.2 Å². The normalized spacial score (nSPS) is 18.6. The quantitative estimate of drug-likeness (QED) is 0.784. The number of amides is 1. The van der Waals surface area contributed by atoms with Crippen LogP contribution in [0.3, 0.4) is 0 Å². The van der Waals surface area contributed by atoms with Crippen LogP contribution in [0.5, 0.6) is 0 Å². The summed E-state index contributed by atoms with van der Waals surface area (Å²) in [5, 5.41) is 2.83. The Morgan fingerprint density at radius 1 is 1.45 bits per heavy atom. The Morgan fingerprint density at radius 3 is 2.85 bits per heavy atom. The van der Waals surface area contributed by atoms with Crippen LogP contribution in [0.4, 0.5) is 11.4 Å². The first-order valence-electron chi connectivity index (χ1n) is 6.62. The van der Waals surface area contributed by atoms with E-state index in [4.69, 9.17) is 15.2 Å². The SMILES string of the molecule is CN(C)c1ccc(C(=O)NCC2COCCO2)cc1N. The van der Waals surface area contributed by atoms with E-state index >= 15 is 0 Å². The number of benzene rings is 1. The first-order chi connectivity index (χ1) is 9.58. The molecule has 0 aromatic heterocycles. The molecule has 110 valence electrons. The highest BCUT2D eigenvalue weighted by Gasteiger charge is 2.16. The van der Waals surface area contributed by atoms with E-state index in [0.29, 0.717) is 37.6 Å². The van der Waals surface area contributed by atoms with Crippen LogP contribution in [0.1, 0.15) is 10.4 Å². The van der Waals surface area contributed by atoms with Crippen molar-refractivity contribution in [1.29, 1.82) is 0 Å². The summed E-state index contributed by atoms with van der Waals surface area (Å²) in [6.45, 7) is 2.15. The smallest absolute Gasteiger partial charge is 0.251 e. The van der Waals surface area contributed by atoms with Gasteiger partial charge in [0.1, 0.15) is 0 Å². The van der Waals surface area contributed by atoms with Gasteiger partial charge in [0.15, 0.2) is 0 Å². The van der Waals surface area contributed by atoms with Crippen molar-refractivity contribution in [3.63, 3.8) is 0 Å². The summed E-state index contributed by atoms with van der Waals surface area (Å²) in [6.07, 6.45) is -0.0777. The van der Waals surface area contributed by atoms with Gasteiger partial charge in [-0.25, -0.2) is 0 Å². The third-order valence-corrected chi connectivity index (χ3v) is 3.15. The van der Waals surface area contributed by atoms with Crippen molar-refractivity contribution in [1.82, 2.24) is 5.32 Å². The fourth-order valence-corrected chi connectivity index (χ4v) is 2.07. The van der Waals surface area contributed by atoms with Crippen molar-refractivity contribution in [2.45, 2.75) is 6.10 Å². The Kier molecular flexibility index (Phi) is 4.81. The van der Waals surface area contributed by atoms with E-state index in [1.165, 1.54) is 0 Å². The summed E-state index contributed by atoms with van der Waals surface area (Å²) in [5.41, 5.74) is 7.96. The number of hydrogen-bond acceptors (Lipinski definition) is 5. The van der Waals surface area contributed by atoms with Crippen LogP contribution < -0.4 is 16.0 Å². The second kappa shape index (κ2) is 6.58. The van der Waals surface area contributed by atoms with E-state index < -0.39 is 0 Å². The van der Waals surface area contributed by atoms with Gasteiger partial charge in [-0.15, -0.1) is 0 Å². The first-order valence-corrected chi connectivity index (χ1v) is 6.62. The van der Waals surface area contributed by atoms with Crippen LogP contribution >= 0.6 is 0 Å². The van der Waals surface area contributed by atoms with Crippen LogP contribution in [0, 0.1) is 0 Å². The highest BCUT2D eigenvalue weighted by molar-refractivity contribution is 5.96. The summed E-state index contributed by atoms with van der Waals surface area (Å²) < 4.78 is 10.7. The number of rotatable bonds is 4. The second-order valence-corrected chi connectivity index (χ2v) is 4.95. The zero-order chi connectivity index (χ0) is 14.5. The van der Waals surface area contributed by atoms with Gasteiger partial charge in [-0.2, -0.15) is 0 Å². The zero-order valence-corrected chi connectivity index (χ0v) is 11.9. The number of hydrogen-bond donors (Lipinski definition) is 2. The lowest BCUT2D eigenvalue weighted by Crippen LogP contribution is -2.39. The molecule has 1 amide bonds. The molecule has 6 nitrogen and oxygen atoms in total. The average Bonchev–Trinajstić information content (AvgIpc) is 2.45. The number of anilines is 2. The van der Waals surface area contributed by atoms with Crippen molar-refractivity contribution in [2.75, 3.05) is 51.1 Å². The molecule has 1 atom stereocenters. The van der Waals surface area contributed by atoms with E-state index in [1.807, 2.05) is 25.1 Å². The van der Waals surface area contributed by atoms with E-state index in [-0.39, 0.29) is 12.0 Å². The van der Waals surface area contributed by atoms with Crippen molar-refractivity contribution in [2.24, 2.45) is 0 Å². The molecule has 1 aromatic carbocycles. The predicted octanol–water partition coefficient (Wildman–Crippen LogP) is 0.480. The van der Waals surface area contributed by atoms with Crippen molar-refractivity contribution in [3.05, 3.63) is 23.8 Å². The fourth-order valence-electron chi connectivity index (χ4n) is 2.07. The van der Waals surface area contributed by atoms with Gasteiger partial charge >= 0.3 is 0 Å². The molecule has 1 aromatic rings. The largest absolute Gasteiger partial charge is 0.397 e. The monoisotopic (exact) mass is 279 g/mol. The summed E-state index contributed by atoms with van der Waals surface area (Å²) in [6, 6.07) is 5.28. The second-order valence-electron chi connectivity index (χ2n) is 4.95. The third-order valence-electron chi connectivity index (χ3n) is 3.15. The Hall–Kier alpha value is -1.79. The topological polar surface area (TPSA) is 76.8 Å². The average molecular weight is 279 g/mol. The Balaban J connectivity index is 1.93. The minimum absolute atomic E-state index is 0.0777. The molecule has 20 heavy (non-hydrogen) atoms. The van der Waals surface area contributed by atoms with E-state index in [2.05, 4.69) is 5.32 Å². The molecule has 1 unspecified atom stereocenters. The number of nitrogens with two attached hydrogens (primary N) is 1. The minimum atomic E-state index is -0.156. The molecule has 2 rings (SSSR count). The van der Waals surface area contributed by atoms with Crippen LogP contribution in [-0.4, -0.2) is 52.5 Å². The lowest BCUT2D eigenvalue weighted by Gasteiger charge is -2.23. The van der Waals surface area contributed by atoms with Gasteiger partial charge in [-0.05, 0) is 18.2 Å². The van der Waals surface area contributed by atoms with Gasteiger partial charge < -0.3 is 25.4 Å². The molecule has 6 heteroatoms. The maximum Gasteiger partial charge on any atom is 0.251 e. The van der Waals surface area contributed by atoms with Gasteiger partial charge in [0, 0.05) is 26.2 Å². The summed E-state index contributed by atoms with van der Waals surface area (Å²) in [5.74, 6) is -0.156. The lowest BCUT2D eigenvalue weighted by atomic mass is 10.1. The number of nitrogens with zero attached hydrogens (tertiary/aromatic N) is 1. The van der Waals surface area contributed by atoms with E-state index in [1.54, 1.807) is 12.1 Å². The number of nitrogens with one attached hydrogen (secondary N) is 1. The van der Waals surface area contributed by atoms with Gasteiger partial charge in [0.2, 0.25) is 0 Å². The van der Waals surface area contributed by atoms with E-state index in [9.17, 15) is 4.79 Å². The first kappa shape index (κ1) is 14.6. The number of ether oxygens (including phenoxy) is 2. The molecule has 1 saturated heterocycles. The molecule has 0 radical (unpaired) electrons. The molecule has 0 aliphatic carbocycles. The molecule has 1 heterocycles. The summed E-state index contributed by atoms with van der Waals surface area (Å²) >= 11 is 0. The molecule has 0 saturated carbocycles. The van der Waals surface area contributed by atoms with Crippen molar-refractivity contribution >= 4 is 17.3 Å². The zero-order valence-electron chi connectivity index (χ0n) is 11.9. The fraction of sp³-hybridized carbons (Fsp3) is 0.500. The maximum atomic E-state index is 12.0. The number of carbonyl (C=O) groups excluding carboxylic acids is 1. The highest BCUT2D eigenvalue weighted by Crippen LogP contribution is 2.22. The standard InChI is InChI=1S/C14H21N3O3/c1-17(2)13-4-3-10(7-12(13)15)14(18)16-8-11-9-19-5-6-20-11/h3-4,7,11H,5-6,8-9,15H2,1-2H3,(H,16,18). The van der Waals surface area contributed by atoms with E-state index in [0.717, 1.165) is 5.69 Å². The molecule has 1 fully saturated rings. The third kappa shape index (κ3) is 3.61. The van der Waals surface area contributed by atoms with Gasteiger partial charge in [-0.1, -0.05) is 0 Å². The molecule has 1 aliphatic rings. The van der Waals surface area contributed by atoms with Crippen LogP contribution in [0.25, 0.3) is 0 Å². The summed E-state index contributed by atoms with van der Waals surface area (Å²) in [7, 11) is 3.82. The Morgan fingerprint density at radius 2 is 2.25 bits per heavy atom. The summed E-state index contributed by atoms with van der Waals surface area (Å²) in [4.78, 5) is 14.0. The van der Waals surface area contributed by atoms with Crippen molar-refractivity contribution in [3.8, 4) is 0 Å². The Labute approximate surface area is 118 Å². The lowest BCUT2D eigenvalue weighted by molar-refractivity contribution is -0.0855. The van der Waals surface area contributed by atoms with Gasteiger partial charge in [0.25, 0.3) is 5.91 Å². The number of carbonyl (C=O) groups is 1. The number of nitrogen functional groups attached to an aromatic ring is 1. The minimum Gasteiger partial charge on any atom is -0.397 e. The van der Waals surface area contributed by atoms with Crippen LogP contribution in [-0.2, 0) is 9.47 Å². The Bertz CT molecular complexity index is 471. The molecule has 1 aliphatic heterocycles. The van der Waals surface area contributed by atoms with Crippen molar-refractivity contribution < 1.29 is 14.3 Å². The van der Waals surface area contributed by atoms with Gasteiger partial charge in [-0.3, -0.25) is 4.79 Å². The maximum absolute atomic E-state index is 12.0. The molecule has 0 bridgehead atoms. The molecular weight excluding hydrogens is 258 g/mol. The highest BCUT2D eigenvalue weighted by atomic mass is 16.6.